The molecule has 0 atom stereocenters. The van der Waals surface area contributed by atoms with Crippen molar-refractivity contribution < 1.29 is 18.7 Å². The Morgan fingerprint density at radius 1 is 1.22 bits per heavy atom. The molecule has 0 unspecified atom stereocenters. The third-order valence-corrected chi connectivity index (χ3v) is 4.37. The van der Waals surface area contributed by atoms with E-state index in [0.29, 0.717) is 34.7 Å². The van der Waals surface area contributed by atoms with Gasteiger partial charge in [-0.05, 0) is 39.3 Å². The molecule has 2 N–H and O–H groups in total. The van der Waals surface area contributed by atoms with Gasteiger partial charge in [0, 0.05) is 16.6 Å². The summed E-state index contributed by atoms with van der Waals surface area (Å²) in [7, 11) is 0. The first-order valence-electron chi connectivity index (χ1n) is 8.61. The fourth-order valence-corrected chi connectivity index (χ4v) is 3.01. The molecule has 0 radical (unpaired) electrons. The summed E-state index contributed by atoms with van der Waals surface area (Å²) in [5.74, 6) is -0.600. The van der Waals surface area contributed by atoms with Gasteiger partial charge in [-0.3, -0.25) is 4.79 Å². The van der Waals surface area contributed by atoms with Crippen LogP contribution in [0.2, 0.25) is 0 Å². The fraction of sp³-hybridized carbons (Fsp3) is 0.250. The molecule has 0 saturated carbocycles. The summed E-state index contributed by atoms with van der Waals surface area (Å²) in [4.78, 5) is 27.5. The molecule has 0 bridgehead atoms. The van der Waals surface area contributed by atoms with E-state index < -0.39 is 5.91 Å². The molecule has 3 rings (SSSR count). The topological polar surface area (TPSA) is 96.7 Å². The van der Waals surface area contributed by atoms with Crippen LogP contribution >= 0.6 is 0 Å². The minimum atomic E-state index is -0.438. The first kappa shape index (κ1) is 18.4. The van der Waals surface area contributed by atoms with E-state index in [2.05, 4.69) is 15.5 Å². The molecule has 140 valence electrons. The highest BCUT2D eigenvalue weighted by atomic mass is 16.5. The van der Waals surface area contributed by atoms with Crippen molar-refractivity contribution in [1.29, 1.82) is 0 Å². The van der Waals surface area contributed by atoms with Gasteiger partial charge in [0.1, 0.15) is 5.58 Å². The second-order valence-electron chi connectivity index (χ2n) is 6.14. The molecule has 0 fully saturated rings. The number of H-pyrrole nitrogens is 1. The molecular formula is C20H21N3O4. The van der Waals surface area contributed by atoms with E-state index in [1.54, 1.807) is 20.8 Å². The van der Waals surface area contributed by atoms with Crippen LogP contribution in [0.25, 0.3) is 11.0 Å². The second-order valence-corrected chi connectivity index (χ2v) is 6.14. The second kappa shape index (κ2) is 7.49. The van der Waals surface area contributed by atoms with E-state index in [0.717, 1.165) is 10.9 Å². The Labute approximate surface area is 156 Å². The Kier molecular flexibility index (Phi) is 5.12. The van der Waals surface area contributed by atoms with Crippen LogP contribution in [0.4, 0.5) is 0 Å². The number of hydrogen-bond donors (Lipinski definition) is 2. The summed E-state index contributed by atoms with van der Waals surface area (Å²) in [6.45, 7) is 7.47. The average Bonchev–Trinajstić information content (AvgIpc) is 3.12. The zero-order valence-corrected chi connectivity index (χ0v) is 15.7. The molecule has 0 aliphatic heterocycles. The zero-order chi connectivity index (χ0) is 19.6. The number of aryl methyl sites for hydroxylation is 2. The van der Waals surface area contributed by atoms with Crippen LogP contribution in [-0.4, -0.2) is 29.7 Å². The smallest absolute Gasteiger partial charge is 0.340 e. The molecule has 7 nitrogen and oxygen atoms in total. The van der Waals surface area contributed by atoms with Crippen molar-refractivity contribution in [3.8, 4) is 0 Å². The van der Waals surface area contributed by atoms with Crippen LogP contribution in [0.1, 0.15) is 50.4 Å². The molecule has 1 amide bonds. The van der Waals surface area contributed by atoms with Crippen molar-refractivity contribution in [3.05, 3.63) is 58.1 Å². The number of carbonyl (C=O) groups excluding carboxylic acids is 2. The number of benzene rings is 1. The van der Waals surface area contributed by atoms with Crippen LogP contribution in [0.15, 0.2) is 33.8 Å². The molecule has 3 aromatic rings. The highest BCUT2D eigenvalue weighted by Crippen LogP contribution is 2.24. The summed E-state index contributed by atoms with van der Waals surface area (Å²) in [6.07, 6.45) is 1.46. The Morgan fingerprint density at radius 3 is 2.67 bits per heavy atom. The number of nitrogens with zero attached hydrogens (tertiary/aromatic N) is 1. The molecule has 7 heteroatoms. The van der Waals surface area contributed by atoms with Gasteiger partial charge in [0.05, 0.1) is 24.1 Å². The van der Waals surface area contributed by atoms with E-state index in [1.807, 2.05) is 31.2 Å². The summed E-state index contributed by atoms with van der Waals surface area (Å²) >= 11 is 0. The van der Waals surface area contributed by atoms with Gasteiger partial charge >= 0.3 is 11.9 Å². The lowest BCUT2D eigenvalue weighted by Gasteiger charge is -2.01. The highest BCUT2D eigenvalue weighted by molar-refractivity contribution is 5.99. The van der Waals surface area contributed by atoms with Crippen molar-refractivity contribution in [2.24, 2.45) is 5.10 Å². The lowest BCUT2D eigenvalue weighted by atomic mass is 10.1. The molecule has 1 aromatic carbocycles. The molecule has 0 saturated heterocycles. The monoisotopic (exact) mass is 367 g/mol. The number of rotatable bonds is 5. The van der Waals surface area contributed by atoms with Crippen molar-refractivity contribution >= 4 is 29.1 Å². The van der Waals surface area contributed by atoms with Gasteiger partial charge in [0.2, 0.25) is 0 Å². The summed E-state index contributed by atoms with van der Waals surface area (Å²) < 4.78 is 10.7. The minimum absolute atomic E-state index is 0.222. The van der Waals surface area contributed by atoms with Crippen LogP contribution in [-0.2, 0) is 4.74 Å². The first-order valence-corrected chi connectivity index (χ1v) is 8.61. The summed E-state index contributed by atoms with van der Waals surface area (Å²) in [5, 5.41) is 4.87. The van der Waals surface area contributed by atoms with E-state index in [9.17, 15) is 9.59 Å². The largest absolute Gasteiger partial charge is 0.462 e. The normalized spacial score (nSPS) is 11.3. The third-order valence-electron chi connectivity index (χ3n) is 4.37. The number of aromatic amines is 1. The molecule has 0 aliphatic carbocycles. The van der Waals surface area contributed by atoms with Crippen LogP contribution in [0.3, 0.4) is 0 Å². The summed E-state index contributed by atoms with van der Waals surface area (Å²) in [5.41, 5.74) is 6.38. The van der Waals surface area contributed by atoms with Gasteiger partial charge in [-0.25, -0.2) is 10.2 Å². The molecule has 27 heavy (non-hydrogen) atoms. The number of carbonyl (C=O) groups is 2. The number of furan rings is 1. The van der Waals surface area contributed by atoms with Gasteiger partial charge in [0.25, 0.3) is 0 Å². The molecule has 2 aromatic heterocycles. The van der Waals surface area contributed by atoms with Crippen LogP contribution in [0.5, 0.6) is 0 Å². The lowest BCUT2D eigenvalue weighted by molar-refractivity contribution is 0.0525. The van der Waals surface area contributed by atoms with E-state index in [4.69, 9.17) is 9.15 Å². The van der Waals surface area contributed by atoms with Crippen molar-refractivity contribution in [2.45, 2.75) is 27.7 Å². The molecular weight excluding hydrogens is 346 g/mol. The quantitative estimate of drug-likeness (QED) is 0.409. The van der Waals surface area contributed by atoms with Crippen molar-refractivity contribution in [1.82, 2.24) is 10.4 Å². The zero-order valence-electron chi connectivity index (χ0n) is 15.7. The number of fused-ring (bicyclic) bond motifs is 1. The molecule has 0 spiro atoms. The number of hydrogen-bond acceptors (Lipinski definition) is 5. The number of esters is 1. The number of hydrazone groups is 1. The average molecular weight is 367 g/mol. The van der Waals surface area contributed by atoms with E-state index >= 15 is 0 Å². The number of amides is 1. The van der Waals surface area contributed by atoms with Gasteiger partial charge in [-0.2, -0.15) is 5.10 Å². The number of ether oxygens (including phenoxy) is 1. The highest BCUT2D eigenvalue weighted by Gasteiger charge is 2.19. The Morgan fingerprint density at radius 2 is 1.96 bits per heavy atom. The van der Waals surface area contributed by atoms with Gasteiger partial charge < -0.3 is 14.1 Å². The van der Waals surface area contributed by atoms with Crippen molar-refractivity contribution in [2.75, 3.05) is 6.61 Å². The first-order chi connectivity index (χ1) is 12.9. The maximum Gasteiger partial charge on any atom is 0.340 e. The van der Waals surface area contributed by atoms with E-state index in [-0.39, 0.29) is 11.7 Å². The van der Waals surface area contributed by atoms with Gasteiger partial charge in [-0.1, -0.05) is 18.2 Å². The van der Waals surface area contributed by atoms with Crippen molar-refractivity contribution in [3.63, 3.8) is 0 Å². The Balaban J connectivity index is 1.77. The fourth-order valence-electron chi connectivity index (χ4n) is 3.01. The Bertz CT molecular complexity index is 1040. The van der Waals surface area contributed by atoms with E-state index in [1.165, 1.54) is 6.21 Å². The third kappa shape index (κ3) is 3.48. The molecule has 0 aliphatic rings. The van der Waals surface area contributed by atoms with Gasteiger partial charge in [0.15, 0.2) is 5.76 Å². The predicted octanol–water partition coefficient (Wildman–Crippen LogP) is 3.63. The number of aromatic nitrogens is 1. The maximum atomic E-state index is 12.4. The number of para-hydroxylation sites is 1. The predicted molar refractivity (Wildman–Crippen MR) is 102 cm³/mol. The van der Waals surface area contributed by atoms with Gasteiger partial charge in [-0.15, -0.1) is 0 Å². The minimum Gasteiger partial charge on any atom is -0.462 e. The SMILES string of the molecule is CCOC(=O)c1c(C)[nH]c(/C=N/NC(=O)c2oc3ccccc3c2C)c1C. The maximum absolute atomic E-state index is 12.4. The summed E-state index contributed by atoms with van der Waals surface area (Å²) in [6, 6.07) is 7.45. The molecule has 2 heterocycles. The number of nitrogens with one attached hydrogen (secondary N) is 2. The van der Waals surface area contributed by atoms with Crippen LogP contribution in [0, 0.1) is 20.8 Å². The van der Waals surface area contributed by atoms with Crippen LogP contribution < -0.4 is 5.43 Å². The Hall–Kier alpha value is -3.35. The standard InChI is InChI=1S/C20H21N3O4/c1-5-26-20(25)17-12(3)15(22-13(17)4)10-21-23-19(24)18-11(2)14-8-6-7-9-16(14)27-18/h6-10,22H,5H2,1-4H3,(H,23,24)/b21-10+. The lowest BCUT2D eigenvalue weighted by Crippen LogP contribution is -2.17.